The van der Waals surface area contributed by atoms with Gasteiger partial charge in [-0.25, -0.2) is 18.1 Å². The number of nitrogens with zero attached hydrogens (tertiary/aromatic N) is 1. The van der Waals surface area contributed by atoms with Gasteiger partial charge in [-0.2, -0.15) is 0 Å². The Bertz CT molecular complexity index is 713. The average molecular weight is 545 g/mol. The molecule has 0 bridgehead atoms. The molecule has 3 N–H and O–H groups in total. The first kappa shape index (κ1) is 25.4. The fraction of sp³-hybridized carbons (Fsp3) is 0.611. The van der Waals surface area contributed by atoms with E-state index in [1.54, 1.807) is 0 Å². The van der Waals surface area contributed by atoms with Gasteiger partial charge in [0.1, 0.15) is 0 Å². The molecule has 0 amide bonds. The standard InChI is InChI=1S/C18H29ClN4O3S.HI/c1-2-20-18(22-13-15-7-3-4-9-17(15)19)21-10-12-27(24,25)23-14-16-8-5-6-11-26-16;/h3-4,7,9,16,23H,2,5-6,8,10-14H2,1H3,(H2,20,21,22);1H. The predicted octanol–water partition coefficient (Wildman–Crippen LogP) is 2.50. The Hall–Kier alpha value is -0.620. The lowest BCUT2D eigenvalue weighted by atomic mass is 10.1. The number of halogens is 2. The van der Waals surface area contributed by atoms with E-state index >= 15 is 0 Å². The van der Waals surface area contributed by atoms with E-state index in [1.807, 2.05) is 31.2 Å². The SMILES string of the molecule is CCNC(=NCc1ccccc1Cl)NCCS(=O)(=O)NCC1CCCCO1.I. The van der Waals surface area contributed by atoms with Gasteiger partial charge in [0.15, 0.2) is 5.96 Å². The highest BCUT2D eigenvalue weighted by molar-refractivity contribution is 14.0. The van der Waals surface area contributed by atoms with Crippen LogP contribution in [-0.2, 0) is 21.3 Å². The minimum atomic E-state index is -3.36. The molecule has 1 aromatic rings. The molecule has 1 saturated heterocycles. The van der Waals surface area contributed by atoms with Crippen LogP contribution in [0.3, 0.4) is 0 Å². The molecule has 28 heavy (non-hydrogen) atoms. The quantitative estimate of drug-likeness (QED) is 0.252. The fourth-order valence-corrected chi connectivity index (χ4v) is 3.85. The van der Waals surface area contributed by atoms with Crippen molar-refractivity contribution < 1.29 is 13.2 Å². The Kier molecular flexibility index (Phi) is 12.3. The van der Waals surface area contributed by atoms with Crippen LogP contribution in [0.4, 0.5) is 0 Å². The Morgan fingerprint density at radius 2 is 2.07 bits per heavy atom. The third kappa shape index (κ3) is 9.73. The zero-order chi connectivity index (χ0) is 19.5. The van der Waals surface area contributed by atoms with Crippen LogP contribution >= 0.6 is 35.6 Å². The fourth-order valence-electron chi connectivity index (χ4n) is 2.70. The molecule has 0 radical (unpaired) electrons. The van der Waals surface area contributed by atoms with Gasteiger partial charge in [0.05, 0.1) is 18.4 Å². The number of guanidine groups is 1. The molecular weight excluding hydrogens is 515 g/mol. The van der Waals surface area contributed by atoms with Gasteiger partial charge in [-0.05, 0) is 37.8 Å². The molecule has 0 spiro atoms. The van der Waals surface area contributed by atoms with E-state index in [-0.39, 0.29) is 42.4 Å². The first-order chi connectivity index (χ1) is 13.0. The monoisotopic (exact) mass is 544 g/mol. The van der Waals surface area contributed by atoms with E-state index < -0.39 is 10.0 Å². The molecule has 1 heterocycles. The van der Waals surface area contributed by atoms with Crippen molar-refractivity contribution in [3.05, 3.63) is 34.9 Å². The van der Waals surface area contributed by atoms with Crippen LogP contribution < -0.4 is 15.4 Å². The largest absolute Gasteiger partial charge is 0.377 e. The third-order valence-electron chi connectivity index (χ3n) is 4.18. The van der Waals surface area contributed by atoms with E-state index in [0.29, 0.717) is 37.2 Å². The number of aliphatic imine (C=N–C) groups is 1. The third-order valence-corrected chi connectivity index (χ3v) is 5.89. The van der Waals surface area contributed by atoms with E-state index in [9.17, 15) is 8.42 Å². The van der Waals surface area contributed by atoms with Crippen molar-refractivity contribution in [3.8, 4) is 0 Å². The summed E-state index contributed by atoms with van der Waals surface area (Å²) in [7, 11) is -3.36. The lowest BCUT2D eigenvalue weighted by Crippen LogP contribution is -2.42. The zero-order valence-electron chi connectivity index (χ0n) is 16.1. The molecule has 1 atom stereocenters. The zero-order valence-corrected chi connectivity index (χ0v) is 20.0. The summed E-state index contributed by atoms with van der Waals surface area (Å²) >= 11 is 6.14. The minimum absolute atomic E-state index is 0. The van der Waals surface area contributed by atoms with E-state index in [0.717, 1.165) is 24.8 Å². The number of hydrogen-bond donors (Lipinski definition) is 3. The number of ether oxygens (including phenoxy) is 1. The van der Waals surface area contributed by atoms with Crippen LogP contribution in [0.25, 0.3) is 0 Å². The molecule has 0 aromatic heterocycles. The summed E-state index contributed by atoms with van der Waals surface area (Å²) in [5.74, 6) is 0.527. The van der Waals surface area contributed by atoms with Crippen molar-refractivity contribution in [3.63, 3.8) is 0 Å². The van der Waals surface area contributed by atoms with Gasteiger partial charge in [0.25, 0.3) is 0 Å². The predicted molar refractivity (Wildman–Crippen MR) is 125 cm³/mol. The van der Waals surface area contributed by atoms with E-state index in [2.05, 4.69) is 20.3 Å². The first-order valence-corrected chi connectivity index (χ1v) is 11.4. The van der Waals surface area contributed by atoms with Crippen LogP contribution in [0.5, 0.6) is 0 Å². The molecule has 160 valence electrons. The first-order valence-electron chi connectivity index (χ1n) is 9.34. The molecule has 0 aliphatic carbocycles. The Labute approximate surface area is 190 Å². The van der Waals surface area contributed by atoms with Crippen molar-refractivity contribution in [2.45, 2.75) is 38.8 Å². The summed E-state index contributed by atoms with van der Waals surface area (Å²) in [5.41, 5.74) is 0.915. The average Bonchev–Trinajstić information content (AvgIpc) is 2.66. The maximum atomic E-state index is 12.2. The van der Waals surface area contributed by atoms with Gasteiger partial charge in [0, 0.05) is 31.3 Å². The lowest BCUT2D eigenvalue weighted by Gasteiger charge is -2.22. The highest BCUT2D eigenvalue weighted by Gasteiger charge is 2.17. The summed E-state index contributed by atoms with van der Waals surface area (Å²) in [6, 6.07) is 7.51. The normalized spacial score (nSPS) is 17.6. The highest BCUT2D eigenvalue weighted by Crippen LogP contribution is 2.15. The summed E-state index contributed by atoms with van der Waals surface area (Å²) in [4.78, 5) is 4.46. The smallest absolute Gasteiger partial charge is 0.213 e. The molecule has 10 heteroatoms. The van der Waals surface area contributed by atoms with Crippen molar-refractivity contribution in [1.82, 2.24) is 15.4 Å². The van der Waals surface area contributed by atoms with Gasteiger partial charge in [0.2, 0.25) is 10.0 Å². The molecule has 7 nitrogen and oxygen atoms in total. The van der Waals surface area contributed by atoms with Crippen molar-refractivity contribution in [2.24, 2.45) is 4.99 Å². The molecular formula is C18H30ClIN4O3S. The molecule has 1 unspecified atom stereocenters. The second kappa shape index (κ2) is 13.6. The maximum Gasteiger partial charge on any atom is 0.213 e. The van der Waals surface area contributed by atoms with E-state index in [1.165, 1.54) is 0 Å². The van der Waals surface area contributed by atoms with Crippen LogP contribution in [-0.4, -0.2) is 52.5 Å². The van der Waals surface area contributed by atoms with Gasteiger partial charge in [-0.1, -0.05) is 29.8 Å². The number of nitrogens with one attached hydrogen (secondary N) is 3. The second-order valence-corrected chi connectivity index (χ2v) is 8.70. The highest BCUT2D eigenvalue weighted by atomic mass is 127. The number of hydrogen-bond acceptors (Lipinski definition) is 4. The topological polar surface area (TPSA) is 91.8 Å². The van der Waals surface area contributed by atoms with Crippen LogP contribution in [0.15, 0.2) is 29.3 Å². The van der Waals surface area contributed by atoms with E-state index in [4.69, 9.17) is 16.3 Å². The van der Waals surface area contributed by atoms with Crippen molar-refractivity contribution in [2.75, 3.05) is 32.0 Å². The van der Waals surface area contributed by atoms with Crippen LogP contribution in [0.2, 0.25) is 5.02 Å². The molecule has 1 aromatic carbocycles. The maximum absolute atomic E-state index is 12.2. The molecule has 0 saturated carbocycles. The second-order valence-electron chi connectivity index (χ2n) is 6.37. The number of rotatable bonds is 9. The van der Waals surface area contributed by atoms with Gasteiger partial charge >= 0.3 is 0 Å². The summed E-state index contributed by atoms with van der Waals surface area (Å²) < 4.78 is 32.5. The summed E-state index contributed by atoms with van der Waals surface area (Å²) in [5, 5.41) is 6.81. The van der Waals surface area contributed by atoms with Crippen LogP contribution in [0, 0.1) is 0 Å². The Balaban J connectivity index is 0.00000392. The van der Waals surface area contributed by atoms with Crippen LogP contribution in [0.1, 0.15) is 31.7 Å². The molecule has 2 rings (SSSR count). The number of benzene rings is 1. The summed E-state index contributed by atoms with van der Waals surface area (Å²) in [6.07, 6.45) is 3.02. The Morgan fingerprint density at radius 1 is 1.29 bits per heavy atom. The van der Waals surface area contributed by atoms with Gasteiger partial charge < -0.3 is 15.4 Å². The molecule has 1 aliphatic rings. The Morgan fingerprint density at radius 3 is 2.75 bits per heavy atom. The minimum Gasteiger partial charge on any atom is -0.377 e. The number of sulfonamides is 1. The van der Waals surface area contributed by atoms with Gasteiger partial charge in [-0.3, -0.25) is 0 Å². The summed E-state index contributed by atoms with van der Waals surface area (Å²) in [6.45, 7) is 4.35. The molecule has 1 fully saturated rings. The van der Waals surface area contributed by atoms with Gasteiger partial charge in [-0.15, -0.1) is 24.0 Å². The lowest BCUT2D eigenvalue weighted by molar-refractivity contribution is 0.0200. The van der Waals surface area contributed by atoms with Crippen molar-refractivity contribution in [1.29, 1.82) is 0 Å². The van der Waals surface area contributed by atoms with Crippen molar-refractivity contribution >= 4 is 51.6 Å². The molecule has 1 aliphatic heterocycles.